The Hall–Kier alpha value is -1.30. The highest BCUT2D eigenvalue weighted by molar-refractivity contribution is 6.37. The van der Waals surface area contributed by atoms with Crippen molar-refractivity contribution in [2.45, 2.75) is 19.4 Å². The topological polar surface area (TPSA) is 74.2 Å². The Bertz CT molecular complexity index is 582. The molecule has 2 rings (SSSR count). The van der Waals surface area contributed by atoms with Crippen molar-refractivity contribution in [3.63, 3.8) is 0 Å². The third kappa shape index (κ3) is 2.83. The smallest absolute Gasteiger partial charge is 0.260 e. The van der Waals surface area contributed by atoms with Crippen molar-refractivity contribution in [1.29, 1.82) is 0 Å². The van der Waals surface area contributed by atoms with Crippen LogP contribution < -0.4 is 5.73 Å². The maximum atomic E-state index is 5.97. The normalized spacial score (nSPS) is 12.6. The number of hydrogen-bond acceptors (Lipinski definition) is 5. The van der Waals surface area contributed by atoms with Crippen molar-refractivity contribution in [2.24, 2.45) is 0 Å². The quantitative estimate of drug-likeness (QED) is 0.871. The molecule has 0 bridgehead atoms. The summed E-state index contributed by atoms with van der Waals surface area (Å²) in [5, 5.41) is 4.68. The molecule has 7 heteroatoms. The number of rotatable bonds is 4. The summed E-state index contributed by atoms with van der Waals surface area (Å²) in [6.45, 7) is 1.97. The highest BCUT2D eigenvalue weighted by Gasteiger charge is 2.19. The van der Waals surface area contributed by atoms with Crippen molar-refractivity contribution in [2.75, 3.05) is 12.8 Å². The van der Waals surface area contributed by atoms with Gasteiger partial charge in [-0.2, -0.15) is 4.98 Å². The van der Waals surface area contributed by atoms with Crippen LogP contribution in [0.3, 0.4) is 0 Å². The maximum absolute atomic E-state index is 5.97. The summed E-state index contributed by atoms with van der Waals surface area (Å²) in [5.74, 6) is 0.739. The van der Waals surface area contributed by atoms with Crippen LogP contribution in [0, 0.1) is 0 Å². The van der Waals surface area contributed by atoms with Gasteiger partial charge in [0.2, 0.25) is 5.82 Å². The van der Waals surface area contributed by atoms with E-state index >= 15 is 0 Å². The van der Waals surface area contributed by atoms with Gasteiger partial charge in [-0.25, -0.2) is 0 Å². The van der Waals surface area contributed by atoms with E-state index in [0.717, 1.165) is 6.42 Å². The molecule has 2 aromatic rings. The van der Waals surface area contributed by atoms with E-state index < -0.39 is 0 Å². The van der Waals surface area contributed by atoms with Crippen LogP contribution in [-0.4, -0.2) is 17.3 Å². The maximum Gasteiger partial charge on any atom is 0.260 e. The van der Waals surface area contributed by atoms with Crippen molar-refractivity contribution in [1.82, 2.24) is 10.1 Å². The van der Waals surface area contributed by atoms with Gasteiger partial charge in [-0.15, -0.1) is 0 Å². The second kappa shape index (κ2) is 5.77. The summed E-state index contributed by atoms with van der Waals surface area (Å²) >= 11 is 11.9. The molecule has 0 aliphatic carbocycles. The van der Waals surface area contributed by atoms with Crippen LogP contribution in [0.25, 0.3) is 11.5 Å². The lowest BCUT2D eigenvalue weighted by molar-refractivity contribution is 0.0903. The minimum atomic E-state index is -0.214. The molecule has 19 heavy (non-hydrogen) atoms. The zero-order valence-corrected chi connectivity index (χ0v) is 12.0. The molecule has 0 aliphatic rings. The Kier molecular flexibility index (Phi) is 4.29. The minimum absolute atomic E-state index is 0.214. The Morgan fingerprint density at radius 3 is 2.79 bits per heavy atom. The Balaban J connectivity index is 2.43. The molecule has 1 unspecified atom stereocenters. The molecule has 102 valence electrons. The van der Waals surface area contributed by atoms with Gasteiger partial charge in [0.1, 0.15) is 6.10 Å². The van der Waals surface area contributed by atoms with E-state index in [-0.39, 0.29) is 12.0 Å². The molecule has 5 nitrogen and oxygen atoms in total. The van der Waals surface area contributed by atoms with Gasteiger partial charge in [-0.05, 0) is 18.6 Å². The molecule has 0 fully saturated rings. The molecule has 1 aromatic carbocycles. The number of nitrogen functional groups attached to an aromatic ring is 1. The van der Waals surface area contributed by atoms with Gasteiger partial charge in [0, 0.05) is 12.1 Å². The van der Waals surface area contributed by atoms with Gasteiger partial charge >= 0.3 is 0 Å². The van der Waals surface area contributed by atoms with Gasteiger partial charge in [0.25, 0.3) is 5.89 Å². The average Bonchev–Trinajstić information content (AvgIpc) is 2.85. The van der Waals surface area contributed by atoms with Crippen molar-refractivity contribution in [3.8, 4) is 11.5 Å². The van der Waals surface area contributed by atoms with Crippen molar-refractivity contribution < 1.29 is 9.26 Å². The summed E-state index contributed by atoms with van der Waals surface area (Å²) in [5.41, 5.74) is 6.75. The highest BCUT2D eigenvalue weighted by atomic mass is 35.5. The molecule has 0 aliphatic heterocycles. The fourth-order valence-electron chi connectivity index (χ4n) is 1.69. The monoisotopic (exact) mass is 301 g/mol. The predicted molar refractivity (Wildman–Crippen MR) is 74.2 cm³/mol. The van der Waals surface area contributed by atoms with E-state index in [1.807, 2.05) is 6.92 Å². The first-order valence-electron chi connectivity index (χ1n) is 5.68. The molecule has 0 saturated carbocycles. The molecule has 0 saturated heterocycles. The number of halogens is 2. The van der Waals surface area contributed by atoms with Crippen LogP contribution in [-0.2, 0) is 4.74 Å². The van der Waals surface area contributed by atoms with Crippen LogP contribution in [0.5, 0.6) is 0 Å². The van der Waals surface area contributed by atoms with E-state index in [1.54, 1.807) is 19.2 Å². The van der Waals surface area contributed by atoms with Gasteiger partial charge in [-0.1, -0.05) is 35.3 Å². The standard InChI is InChI=1S/C12H13Cl2N3O2/c1-3-9(18-2)11-16-12(19-17-11)7-4-6(13)5-8(14)10(7)15/h4-5,9H,3,15H2,1-2H3. The van der Waals surface area contributed by atoms with Crippen LogP contribution in [0.4, 0.5) is 5.69 Å². The number of anilines is 1. The molecule has 1 atom stereocenters. The van der Waals surface area contributed by atoms with E-state index in [0.29, 0.717) is 27.1 Å². The van der Waals surface area contributed by atoms with E-state index in [1.165, 1.54) is 0 Å². The second-order valence-electron chi connectivity index (χ2n) is 3.94. The third-order valence-corrected chi connectivity index (χ3v) is 3.24. The molecule has 0 radical (unpaired) electrons. The predicted octanol–water partition coefficient (Wildman–Crippen LogP) is 3.72. The third-order valence-electron chi connectivity index (χ3n) is 2.71. The van der Waals surface area contributed by atoms with E-state index in [2.05, 4.69) is 10.1 Å². The lowest BCUT2D eigenvalue weighted by Gasteiger charge is -2.06. The zero-order chi connectivity index (χ0) is 14.0. The number of nitrogens with two attached hydrogens (primary N) is 1. The average molecular weight is 302 g/mol. The number of benzene rings is 1. The van der Waals surface area contributed by atoms with Gasteiger partial charge < -0.3 is 15.0 Å². The minimum Gasteiger partial charge on any atom is -0.397 e. The van der Waals surface area contributed by atoms with Crippen LogP contribution >= 0.6 is 23.2 Å². The molecular weight excluding hydrogens is 289 g/mol. The first kappa shape index (κ1) is 14.1. The molecule has 1 heterocycles. The number of hydrogen-bond donors (Lipinski definition) is 1. The van der Waals surface area contributed by atoms with Crippen molar-refractivity contribution in [3.05, 3.63) is 28.0 Å². The summed E-state index contributed by atoms with van der Waals surface area (Å²) in [6.07, 6.45) is 0.523. The largest absolute Gasteiger partial charge is 0.397 e. The van der Waals surface area contributed by atoms with Crippen LogP contribution in [0.15, 0.2) is 16.7 Å². The van der Waals surface area contributed by atoms with E-state index in [9.17, 15) is 0 Å². The molecule has 2 N–H and O–H groups in total. The lowest BCUT2D eigenvalue weighted by atomic mass is 10.2. The van der Waals surface area contributed by atoms with Crippen LogP contribution in [0.2, 0.25) is 10.0 Å². The summed E-state index contributed by atoms with van der Waals surface area (Å²) in [6, 6.07) is 3.19. The van der Waals surface area contributed by atoms with E-state index in [4.69, 9.17) is 38.2 Å². The van der Waals surface area contributed by atoms with Gasteiger partial charge in [0.05, 0.1) is 16.3 Å². The summed E-state index contributed by atoms with van der Waals surface area (Å²) < 4.78 is 10.4. The molecule has 0 amide bonds. The van der Waals surface area contributed by atoms with Crippen LogP contribution in [0.1, 0.15) is 25.3 Å². The zero-order valence-electron chi connectivity index (χ0n) is 10.5. The van der Waals surface area contributed by atoms with Crippen molar-refractivity contribution >= 4 is 28.9 Å². The second-order valence-corrected chi connectivity index (χ2v) is 4.78. The summed E-state index contributed by atoms with van der Waals surface area (Å²) in [7, 11) is 1.59. The summed E-state index contributed by atoms with van der Waals surface area (Å²) in [4.78, 5) is 4.27. The highest BCUT2D eigenvalue weighted by Crippen LogP contribution is 2.34. The lowest BCUT2D eigenvalue weighted by Crippen LogP contribution is -2.01. The Morgan fingerprint density at radius 2 is 2.16 bits per heavy atom. The Labute approximate surface area is 120 Å². The van der Waals surface area contributed by atoms with Gasteiger partial charge in [0.15, 0.2) is 0 Å². The SMILES string of the molecule is CCC(OC)c1noc(-c2cc(Cl)cc(Cl)c2N)n1. The first-order valence-corrected chi connectivity index (χ1v) is 6.43. The van der Waals surface area contributed by atoms with Gasteiger partial charge in [-0.3, -0.25) is 0 Å². The molecular formula is C12H13Cl2N3O2. The molecule has 0 spiro atoms. The molecule has 1 aromatic heterocycles. The number of nitrogens with zero attached hydrogens (tertiary/aromatic N) is 2. The fourth-order valence-corrected chi connectivity index (χ4v) is 2.18. The first-order chi connectivity index (χ1) is 9.06. The number of aromatic nitrogens is 2. The Morgan fingerprint density at radius 1 is 1.42 bits per heavy atom. The fraction of sp³-hybridized carbons (Fsp3) is 0.333. The number of methoxy groups -OCH3 is 1. The number of ether oxygens (including phenoxy) is 1.